The lowest BCUT2D eigenvalue weighted by Crippen LogP contribution is -2.16. The van der Waals surface area contributed by atoms with Gasteiger partial charge in [0.25, 0.3) is 5.91 Å². The van der Waals surface area contributed by atoms with E-state index >= 15 is 0 Å². The zero-order valence-corrected chi connectivity index (χ0v) is 15.1. The van der Waals surface area contributed by atoms with Gasteiger partial charge in [0.05, 0.1) is 22.9 Å². The van der Waals surface area contributed by atoms with Crippen molar-refractivity contribution in [3.8, 4) is 5.75 Å². The molecule has 0 radical (unpaired) electrons. The molecule has 0 saturated carbocycles. The van der Waals surface area contributed by atoms with Gasteiger partial charge in [-0.1, -0.05) is 35.6 Å². The molecule has 0 atom stereocenters. The van der Waals surface area contributed by atoms with E-state index < -0.39 is 0 Å². The van der Waals surface area contributed by atoms with E-state index in [0.717, 1.165) is 16.9 Å². The lowest BCUT2D eigenvalue weighted by atomic mass is 10.1. The van der Waals surface area contributed by atoms with Crippen LogP contribution in [0.2, 0.25) is 0 Å². The summed E-state index contributed by atoms with van der Waals surface area (Å²) in [6.07, 6.45) is 0. The maximum atomic E-state index is 12.7. The van der Waals surface area contributed by atoms with Crippen LogP contribution >= 0.6 is 11.3 Å². The first kappa shape index (κ1) is 16.5. The van der Waals surface area contributed by atoms with Crippen molar-refractivity contribution in [2.45, 2.75) is 27.3 Å². The van der Waals surface area contributed by atoms with E-state index in [-0.39, 0.29) is 5.91 Å². The molecule has 0 saturated heterocycles. The monoisotopic (exact) mass is 340 g/mol. The quantitative estimate of drug-likeness (QED) is 0.721. The number of amides is 1. The van der Waals surface area contributed by atoms with Crippen LogP contribution in [0.4, 0.5) is 0 Å². The van der Waals surface area contributed by atoms with Crippen molar-refractivity contribution in [3.05, 3.63) is 57.9 Å². The Bertz CT molecular complexity index is 983. The largest absolute Gasteiger partial charge is 0.496 e. The van der Waals surface area contributed by atoms with Crippen LogP contribution in [-0.2, 0) is 6.54 Å². The van der Waals surface area contributed by atoms with Gasteiger partial charge >= 0.3 is 0 Å². The molecular weight excluding hydrogens is 320 g/mol. The number of carbonyl (C=O) groups excluding carboxylic acids is 1. The van der Waals surface area contributed by atoms with E-state index in [4.69, 9.17) is 4.74 Å². The predicted octanol–water partition coefficient (Wildman–Crippen LogP) is 4.09. The van der Waals surface area contributed by atoms with E-state index in [0.29, 0.717) is 11.3 Å². The number of benzene rings is 2. The number of aromatic nitrogens is 1. The second-order valence-corrected chi connectivity index (χ2v) is 6.60. The fourth-order valence-corrected chi connectivity index (χ4v) is 4.06. The smallest absolute Gasteiger partial charge is 0.283 e. The Morgan fingerprint density at radius 3 is 2.58 bits per heavy atom. The Balaban J connectivity index is 2.22. The molecule has 3 aromatic rings. The van der Waals surface area contributed by atoms with Gasteiger partial charge in [-0.25, -0.2) is 0 Å². The second-order valence-electron chi connectivity index (χ2n) is 5.62. The Morgan fingerprint density at radius 2 is 1.88 bits per heavy atom. The minimum absolute atomic E-state index is 0.281. The molecule has 0 N–H and O–H groups in total. The van der Waals surface area contributed by atoms with Gasteiger partial charge in [0.2, 0.25) is 0 Å². The summed E-state index contributed by atoms with van der Waals surface area (Å²) in [7, 11) is 1.56. The van der Waals surface area contributed by atoms with Crippen LogP contribution < -0.4 is 9.54 Å². The summed E-state index contributed by atoms with van der Waals surface area (Å²) in [5.41, 5.74) is 4.04. The van der Waals surface area contributed by atoms with Gasteiger partial charge in [-0.15, -0.1) is 0 Å². The summed E-state index contributed by atoms with van der Waals surface area (Å²) < 4.78 is 8.56. The van der Waals surface area contributed by atoms with Crippen molar-refractivity contribution in [1.82, 2.24) is 4.57 Å². The summed E-state index contributed by atoms with van der Waals surface area (Å²) in [5.74, 6) is 0.263. The molecule has 0 bridgehead atoms. The number of ether oxygens (including phenoxy) is 1. The lowest BCUT2D eigenvalue weighted by Gasteiger charge is -2.05. The number of rotatable bonds is 3. The summed E-state index contributed by atoms with van der Waals surface area (Å²) >= 11 is 1.56. The summed E-state index contributed by atoms with van der Waals surface area (Å²) in [4.78, 5) is 17.8. The van der Waals surface area contributed by atoms with Gasteiger partial charge in [-0.2, -0.15) is 4.99 Å². The van der Waals surface area contributed by atoms with Gasteiger partial charge in [0, 0.05) is 6.54 Å². The van der Waals surface area contributed by atoms with Gasteiger partial charge in [0.1, 0.15) is 5.75 Å². The van der Waals surface area contributed by atoms with Crippen LogP contribution in [0.3, 0.4) is 0 Å². The first-order valence-corrected chi connectivity index (χ1v) is 8.70. The molecular formula is C19H20N2O2S. The van der Waals surface area contributed by atoms with E-state index in [1.54, 1.807) is 30.6 Å². The molecule has 0 spiro atoms. The fourth-order valence-electron chi connectivity index (χ4n) is 2.82. The Morgan fingerprint density at radius 1 is 1.17 bits per heavy atom. The van der Waals surface area contributed by atoms with Crippen LogP contribution in [0.1, 0.15) is 28.4 Å². The first-order chi connectivity index (χ1) is 11.6. The second kappa shape index (κ2) is 6.61. The van der Waals surface area contributed by atoms with Gasteiger partial charge in [0.15, 0.2) is 4.80 Å². The molecule has 0 aliphatic rings. The van der Waals surface area contributed by atoms with Crippen molar-refractivity contribution in [2.75, 3.05) is 7.11 Å². The maximum Gasteiger partial charge on any atom is 0.283 e. The van der Waals surface area contributed by atoms with Crippen molar-refractivity contribution in [3.63, 3.8) is 0 Å². The molecule has 0 aliphatic heterocycles. The topological polar surface area (TPSA) is 43.6 Å². The SMILES string of the molecule is CCn1c(=NC(=O)c2ccccc2OC)sc2c(C)ccc(C)c21. The molecule has 3 rings (SSSR count). The standard InChI is InChI=1S/C19H20N2O2S/c1-5-21-16-12(2)10-11-13(3)17(16)24-19(21)20-18(22)14-8-6-7-9-15(14)23-4/h6-11H,5H2,1-4H3. The minimum atomic E-state index is -0.281. The number of hydrogen-bond acceptors (Lipinski definition) is 3. The van der Waals surface area contributed by atoms with E-state index in [9.17, 15) is 4.79 Å². The van der Waals surface area contributed by atoms with Crippen molar-refractivity contribution >= 4 is 27.5 Å². The molecule has 0 aliphatic carbocycles. The zero-order valence-electron chi connectivity index (χ0n) is 14.3. The lowest BCUT2D eigenvalue weighted by molar-refractivity contribution is 0.0995. The van der Waals surface area contributed by atoms with Gasteiger partial charge < -0.3 is 9.30 Å². The maximum absolute atomic E-state index is 12.7. The highest BCUT2D eigenvalue weighted by Gasteiger charge is 2.14. The van der Waals surface area contributed by atoms with Crippen molar-refractivity contribution in [2.24, 2.45) is 4.99 Å². The van der Waals surface area contributed by atoms with Crippen molar-refractivity contribution in [1.29, 1.82) is 0 Å². The van der Waals surface area contributed by atoms with Crippen LogP contribution in [-0.4, -0.2) is 17.6 Å². The summed E-state index contributed by atoms with van der Waals surface area (Å²) in [5, 5.41) is 0. The van der Waals surface area contributed by atoms with Crippen molar-refractivity contribution < 1.29 is 9.53 Å². The molecule has 0 unspecified atom stereocenters. The Hall–Kier alpha value is -2.40. The van der Waals surface area contributed by atoms with E-state index in [1.165, 1.54) is 15.8 Å². The highest BCUT2D eigenvalue weighted by Crippen LogP contribution is 2.25. The number of methoxy groups -OCH3 is 1. The highest BCUT2D eigenvalue weighted by atomic mass is 32.1. The molecule has 0 fully saturated rings. The van der Waals surface area contributed by atoms with Gasteiger partial charge in [-0.3, -0.25) is 4.79 Å². The fraction of sp³-hybridized carbons (Fsp3) is 0.263. The normalized spacial score (nSPS) is 11.9. The number of thiazole rings is 1. The minimum Gasteiger partial charge on any atom is -0.496 e. The average Bonchev–Trinajstić information content (AvgIpc) is 2.97. The number of hydrogen-bond donors (Lipinski definition) is 0. The zero-order chi connectivity index (χ0) is 17.3. The first-order valence-electron chi connectivity index (χ1n) is 7.88. The summed E-state index contributed by atoms with van der Waals surface area (Å²) in [6, 6.07) is 11.4. The number of nitrogens with zero attached hydrogens (tertiary/aromatic N) is 2. The molecule has 1 amide bonds. The van der Waals surface area contributed by atoms with Crippen LogP contribution in [0.5, 0.6) is 5.75 Å². The summed E-state index contributed by atoms with van der Waals surface area (Å²) in [6.45, 7) is 7.01. The molecule has 1 heterocycles. The van der Waals surface area contributed by atoms with Crippen LogP contribution in [0, 0.1) is 13.8 Å². The van der Waals surface area contributed by atoms with Crippen LogP contribution in [0.15, 0.2) is 41.4 Å². The number of fused-ring (bicyclic) bond motifs is 1. The van der Waals surface area contributed by atoms with E-state index in [1.807, 2.05) is 12.1 Å². The third kappa shape index (κ3) is 2.76. The average molecular weight is 340 g/mol. The molecule has 24 heavy (non-hydrogen) atoms. The molecule has 1 aromatic heterocycles. The Kier molecular flexibility index (Phi) is 4.53. The molecule has 124 valence electrons. The predicted molar refractivity (Wildman–Crippen MR) is 97.9 cm³/mol. The Labute approximate surface area is 145 Å². The van der Waals surface area contributed by atoms with E-state index in [2.05, 4.69) is 42.5 Å². The third-order valence-corrected chi connectivity index (χ3v) is 5.29. The molecule has 2 aromatic carbocycles. The number of carbonyl (C=O) groups is 1. The highest BCUT2D eigenvalue weighted by molar-refractivity contribution is 7.16. The number of aryl methyl sites for hydroxylation is 3. The number of para-hydroxylation sites is 1. The molecule has 4 nitrogen and oxygen atoms in total. The molecule has 5 heteroatoms. The third-order valence-electron chi connectivity index (χ3n) is 4.08. The van der Waals surface area contributed by atoms with Crippen LogP contribution in [0.25, 0.3) is 10.2 Å². The van der Waals surface area contributed by atoms with Gasteiger partial charge in [-0.05, 0) is 44.0 Å².